The molecule has 1 nitrogen and oxygen atoms in total. The molecule has 0 aromatic carbocycles. The van der Waals surface area contributed by atoms with Crippen LogP contribution >= 0.6 is 0 Å². The summed E-state index contributed by atoms with van der Waals surface area (Å²) in [4.78, 5) is 0. The molecule has 0 N–H and O–H groups in total. The van der Waals surface area contributed by atoms with Gasteiger partial charge in [0.05, 0.1) is 12.4 Å². The van der Waals surface area contributed by atoms with Crippen molar-refractivity contribution in [3.63, 3.8) is 0 Å². The van der Waals surface area contributed by atoms with Crippen LogP contribution in [0.5, 0.6) is 0 Å². The molecule has 0 aromatic rings. The van der Waals surface area contributed by atoms with Gasteiger partial charge in [0.2, 0.25) is 0 Å². The first-order chi connectivity index (χ1) is 7.99. The molecule has 0 atom stereocenters. The van der Waals surface area contributed by atoms with Crippen LogP contribution in [0.4, 0.5) is 0 Å². The van der Waals surface area contributed by atoms with Gasteiger partial charge >= 0.3 is 0 Å². The van der Waals surface area contributed by atoms with Crippen LogP contribution in [-0.2, 0) is 4.74 Å². The molecule has 0 aliphatic rings. The Kier molecular flexibility index (Phi) is 9.61. The molecule has 0 saturated carbocycles. The van der Waals surface area contributed by atoms with Crippen molar-refractivity contribution in [1.29, 1.82) is 0 Å². The zero-order valence-corrected chi connectivity index (χ0v) is 13.6. The van der Waals surface area contributed by atoms with Gasteiger partial charge in [-0.15, -0.1) is 0 Å². The molecule has 102 valence electrons. The van der Waals surface area contributed by atoms with E-state index in [9.17, 15) is 0 Å². The molecule has 0 unspecified atom stereocenters. The summed E-state index contributed by atoms with van der Waals surface area (Å²) in [5.41, 5.74) is 0. The highest BCUT2D eigenvalue weighted by Gasteiger charge is 2.11. The molecule has 0 saturated heterocycles. The molecule has 2 heteroatoms. The molecule has 0 aliphatic heterocycles. The van der Waals surface area contributed by atoms with Crippen molar-refractivity contribution >= 4 is 8.07 Å². The Balaban J connectivity index is 3.89. The molecule has 0 aromatic heterocycles. The second-order valence-electron chi connectivity index (χ2n) is 6.03. The third-order valence-corrected chi connectivity index (χ3v) is 4.23. The molecule has 0 rings (SSSR count). The molecular formula is C15H32OSi. The average molecular weight is 257 g/mol. The van der Waals surface area contributed by atoms with Gasteiger partial charge in [0.25, 0.3) is 0 Å². The van der Waals surface area contributed by atoms with E-state index in [-0.39, 0.29) is 0 Å². The fourth-order valence-electron chi connectivity index (χ4n) is 1.74. The second kappa shape index (κ2) is 9.75. The number of unbranched alkanes of at least 4 members (excludes halogenated alkanes) is 4. The second-order valence-corrected chi connectivity index (χ2v) is 11.6. The summed E-state index contributed by atoms with van der Waals surface area (Å²) in [6.07, 6.45) is 10.2. The Labute approximate surface area is 110 Å². The number of ether oxygens (including phenoxy) is 1. The first-order valence-corrected chi connectivity index (χ1v) is 11.0. The number of hydrogen-bond donors (Lipinski definition) is 0. The molecule has 17 heavy (non-hydrogen) atoms. The minimum atomic E-state index is -0.966. The average Bonchev–Trinajstić information content (AvgIpc) is 2.24. The predicted octanol–water partition coefficient (Wildman–Crippen LogP) is 5.61. The smallest absolute Gasteiger partial charge is 0.0916 e. The Morgan fingerprint density at radius 1 is 1.00 bits per heavy atom. The van der Waals surface area contributed by atoms with E-state index >= 15 is 0 Å². The quantitative estimate of drug-likeness (QED) is 0.280. The Morgan fingerprint density at radius 3 is 2.18 bits per heavy atom. The van der Waals surface area contributed by atoms with Crippen molar-refractivity contribution in [2.75, 3.05) is 6.61 Å². The maximum Gasteiger partial charge on any atom is 0.0916 e. The van der Waals surface area contributed by atoms with Gasteiger partial charge < -0.3 is 4.74 Å². The van der Waals surface area contributed by atoms with Crippen LogP contribution in [0.3, 0.4) is 0 Å². The minimum Gasteiger partial charge on any atom is -0.499 e. The monoisotopic (exact) mass is 256 g/mol. The summed E-state index contributed by atoms with van der Waals surface area (Å²) in [7, 11) is -0.966. The molecule has 0 amide bonds. The summed E-state index contributed by atoms with van der Waals surface area (Å²) in [6, 6.07) is 1.25. The number of hydrogen-bond acceptors (Lipinski definition) is 1. The molecule has 0 aliphatic carbocycles. The van der Waals surface area contributed by atoms with Crippen molar-refractivity contribution in [1.82, 2.24) is 0 Å². The van der Waals surface area contributed by atoms with E-state index in [0.29, 0.717) is 0 Å². The van der Waals surface area contributed by atoms with Gasteiger partial charge in [-0.2, -0.15) is 0 Å². The lowest BCUT2D eigenvalue weighted by atomic mass is 10.1. The fraction of sp³-hybridized carbons (Fsp3) is 0.867. The zero-order chi connectivity index (χ0) is 13.1. The van der Waals surface area contributed by atoms with E-state index in [1.54, 1.807) is 0 Å². The molecule has 0 bridgehead atoms. The normalized spacial score (nSPS) is 12.9. The van der Waals surface area contributed by atoms with Crippen LogP contribution in [0.1, 0.15) is 52.4 Å². The molecule has 0 heterocycles. The van der Waals surface area contributed by atoms with E-state index in [1.165, 1.54) is 43.9 Å². The van der Waals surface area contributed by atoms with E-state index in [0.717, 1.165) is 13.0 Å². The van der Waals surface area contributed by atoms with Crippen LogP contribution in [0.25, 0.3) is 0 Å². The van der Waals surface area contributed by atoms with E-state index in [1.807, 2.05) is 0 Å². The standard InChI is InChI=1S/C15H32OSi/c1-6-8-9-10-11-12-15(16-7-2)13-14-17(3,4)5/h13H,6-12,14H2,1-5H3/b15-13+. The van der Waals surface area contributed by atoms with Crippen molar-refractivity contribution in [2.24, 2.45) is 0 Å². The van der Waals surface area contributed by atoms with Gasteiger partial charge in [-0.25, -0.2) is 0 Å². The van der Waals surface area contributed by atoms with Crippen LogP contribution < -0.4 is 0 Å². The maximum atomic E-state index is 5.73. The molecule has 0 spiro atoms. The van der Waals surface area contributed by atoms with Crippen LogP contribution in [0, 0.1) is 0 Å². The van der Waals surface area contributed by atoms with Crippen LogP contribution in [0.15, 0.2) is 11.8 Å². The van der Waals surface area contributed by atoms with Crippen molar-refractivity contribution in [3.05, 3.63) is 11.8 Å². The van der Waals surface area contributed by atoms with E-state index in [4.69, 9.17) is 4.74 Å². The van der Waals surface area contributed by atoms with Crippen LogP contribution in [0.2, 0.25) is 25.7 Å². The number of allylic oxidation sites excluding steroid dienone is 2. The van der Waals surface area contributed by atoms with Gasteiger partial charge in [0.15, 0.2) is 0 Å². The third-order valence-electron chi connectivity index (χ3n) is 2.80. The summed E-state index contributed by atoms with van der Waals surface area (Å²) < 4.78 is 5.73. The third kappa shape index (κ3) is 12.0. The highest BCUT2D eigenvalue weighted by Crippen LogP contribution is 2.16. The number of rotatable bonds is 10. The van der Waals surface area contributed by atoms with Crippen LogP contribution in [-0.4, -0.2) is 14.7 Å². The van der Waals surface area contributed by atoms with E-state index < -0.39 is 8.07 Å². The van der Waals surface area contributed by atoms with Crippen molar-refractivity contribution in [2.45, 2.75) is 78.1 Å². The Bertz CT molecular complexity index is 203. The summed E-state index contributed by atoms with van der Waals surface area (Å²) >= 11 is 0. The van der Waals surface area contributed by atoms with Gasteiger partial charge in [0.1, 0.15) is 0 Å². The topological polar surface area (TPSA) is 9.23 Å². The Morgan fingerprint density at radius 2 is 1.65 bits per heavy atom. The van der Waals surface area contributed by atoms with Gasteiger partial charge in [0, 0.05) is 14.5 Å². The maximum absolute atomic E-state index is 5.73. The predicted molar refractivity (Wildman–Crippen MR) is 81.2 cm³/mol. The lowest BCUT2D eigenvalue weighted by Gasteiger charge is -2.15. The first-order valence-electron chi connectivity index (χ1n) is 7.31. The lowest BCUT2D eigenvalue weighted by Crippen LogP contribution is -2.17. The van der Waals surface area contributed by atoms with Gasteiger partial charge in [-0.1, -0.05) is 52.2 Å². The summed E-state index contributed by atoms with van der Waals surface area (Å²) in [5.74, 6) is 1.24. The van der Waals surface area contributed by atoms with E-state index in [2.05, 4.69) is 39.6 Å². The molecule has 0 radical (unpaired) electrons. The van der Waals surface area contributed by atoms with Crippen molar-refractivity contribution < 1.29 is 4.74 Å². The minimum absolute atomic E-state index is 0.812. The Hall–Kier alpha value is -0.243. The first kappa shape index (κ1) is 16.8. The SMILES string of the molecule is CCCCCCC/C(=C\C[Si](C)(C)C)OCC. The zero-order valence-electron chi connectivity index (χ0n) is 12.6. The highest BCUT2D eigenvalue weighted by atomic mass is 28.3. The van der Waals surface area contributed by atoms with Crippen molar-refractivity contribution in [3.8, 4) is 0 Å². The lowest BCUT2D eigenvalue weighted by molar-refractivity contribution is 0.215. The molecule has 0 fully saturated rings. The summed E-state index contributed by atoms with van der Waals surface area (Å²) in [6.45, 7) is 12.4. The molecular weight excluding hydrogens is 224 g/mol. The largest absolute Gasteiger partial charge is 0.499 e. The van der Waals surface area contributed by atoms with Gasteiger partial charge in [-0.05, 0) is 25.5 Å². The fourth-order valence-corrected chi connectivity index (χ4v) is 2.58. The summed E-state index contributed by atoms with van der Waals surface area (Å²) in [5, 5.41) is 0. The van der Waals surface area contributed by atoms with Gasteiger partial charge in [-0.3, -0.25) is 0 Å². The highest BCUT2D eigenvalue weighted by molar-refractivity contribution is 6.76.